The van der Waals surface area contributed by atoms with Gasteiger partial charge in [-0.15, -0.1) is 0 Å². The molecule has 0 atom stereocenters. The molecule has 1 heterocycles. The van der Waals surface area contributed by atoms with Gasteiger partial charge >= 0.3 is 6.01 Å². The van der Waals surface area contributed by atoms with Crippen molar-refractivity contribution < 1.29 is 12.8 Å². The Hall–Kier alpha value is -2.02. The minimum atomic E-state index is -3.71. The summed E-state index contributed by atoms with van der Waals surface area (Å²) >= 11 is 0. The number of nitrogens with one attached hydrogen (secondary N) is 1. The van der Waals surface area contributed by atoms with Crippen LogP contribution < -0.4 is 10.5 Å². The second kappa shape index (κ2) is 4.34. The van der Waals surface area contributed by atoms with Crippen LogP contribution in [-0.2, 0) is 10.0 Å². The van der Waals surface area contributed by atoms with Gasteiger partial charge < -0.3 is 10.2 Å². The fourth-order valence-electron chi connectivity index (χ4n) is 1.54. The number of nitrogen functional groups attached to an aromatic ring is 1. The van der Waals surface area contributed by atoms with Crippen LogP contribution in [0.5, 0.6) is 0 Å². The van der Waals surface area contributed by atoms with Gasteiger partial charge in [0.2, 0.25) is 0 Å². The van der Waals surface area contributed by atoms with Crippen molar-refractivity contribution in [1.29, 1.82) is 0 Å². The van der Waals surface area contributed by atoms with E-state index in [1.54, 1.807) is 19.9 Å². The molecule has 1 aromatic carbocycles. The van der Waals surface area contributed by atoms with Crippen LogP contribution in [0.4, 0.5) is 11.7 Å². The van der Waals surface area contributed by atoms with E-state index in [4.69, 9.17) is 10.2 Å². The Morgan fingerprint density at radius 1 is 1.33 bits per heavy atom. The lowest BCUT2D eigenvalue weighted by Gasteiger charge is -2.08. The van der Waals surface area contributed by atoms with Crippen LogP contribution in [0.15, 0.2) is 33.8 Å². The van der Waals surface area contributed by atoms with E-state index in [0.29, 0.717) is 16.9 Å². The van der Waals surface area contributed by atoms with E-state index in [9.17, 15) is 8.42 Å². The number of oxazole rings is 1. The summed E-state index contributed by atoms with van der Waals surface area (Å²) in [5.41, 5.74) is 7.25. The topological polar surface area (TPSA) is 98.2 Å². The van der Waals surface area contributed by atoms with Crippen LogP contribution in [0.3, 0.4) is 0 Å². The van der Waals surface area contributed by atoms with Crippen LogP contribution in [0.1, 0.15) is 11.3 Å². The molecule has 6 nitrogen and oxygen atoms in total. The molecule has 3 N–H and O–H groups in total. The van der Waals surface area contributed by atoms with Gasteiger partial charge in [0.05, 0.1) is 10.6 Å². The average Bonchev–Trinajstić information content (AvgIpc) is 2.62. The Morgan fingerprint density at radius 2 is 2.06 bits per heavy atom. The maximum atomic E-state index is 12.1. The Kier molecular flexibility index (Phi) is 3.00. The normalized spacial score (nSPS) is 11.4. The zero-order chi connectivity index (χ0) is 13.3. The maximum absolute atomic E-state index is 12.1. The average molecular weight is 267 g/mol. The first-order valence-corrected chi connectivity index (χ1v) is 6.68. The number of sulfonamides is 1. The summed E-state index contributed by atoms with van der Waals surface area (Å²) in [7, 11) is -3.71. The summed E-state index contributed by atoms with van der Waals surface area (Å²) in [5.74, 6) is 0. The van der Waals surface area contributed by atoms with Crippen LogP contribution >= 0.6 is 0 Å². The zero-order valence-electron chi connectivity index (χ0n) is 9.97. The molecule has 0 saturated carbocycles. The molecule has 0 spiro atoms. The Bertz CT molecular complexity index is 677. The lowest BCUT2D eigenvalue weighted by molar-refractivity contribution is 0.569. The molecule has 96 valence electrons. The molecule has 2 aromatic rings. The van der Waals surface area contributed by atoms with Crippen LogP contribution in [-0.4, -0.2) is 13.4 Å². The van der Waals surface area contributed by atoms with Gasteiger partial charge in [-0.05, 0) is 37.6 Å². The lowest BCUT2D eigenvalue weighted by Crippen LogP contribution is -2.14. The van der Waals surface area contributed by atoms with Crippen molar-refractivity contribution >= 4 is 21.7 Å². The van der Waals surface area contributed by atoms with Crippen LogP contribution in [0, 0.1) is 13.8 Å². The number of nitrogens with zero attached hydrogens (tertiary/aromatic N) is 1. The Morgan fingerprint density at radius 3 is 2.61 bits per heavy atom. The number of anilines is 2. The highest BCUT2D eigenvalue weighted by Gasteiger charge is 2.19. The van der Waals surface area contributed by atoms with Crippen molar-refractivity contribution in [2.75, 3.05) is 10.5 Å². The highest BCUT2D eigenvalue weighted by Crippen LogP contribution is 2.20. The van der Waals surface area contributed by atoms with E-state index in [2.05, 4.69) is 9.71 Å². The first kappa shape index (κ1) is 12.4. The van der Waals surface area contributed by atoms with Gasteiger partial charge in [-0.1, -0.05) is 0 Å². The highest BCUT2D eigenvalue weighted by molar-refractivity contribution is 7.92. The van der Waals surface area contributed by atoms with E-state index in [1.165, 1.54) is 18.4 Å². The summed E-state index contributed by atoms with van der Waals surface area (Å²) in [6.45, 7) is 3.38. The molecule has 18 heavy (non-hydrogen) atoms. The van der Waals surface area contributed by atoms with Gasteiger partial charge in [0.15, 0.2) is 0 Å². The monoisotopic (exact) mass is 267 g/mol. The van der Waals surface area contributed by atoms with Gasteiger partial charge in [-0.2, -0.15) is 4.98 Å². The number of benzene rings is 1. The predicted octanol–water partition coefficient (Wildman–Crippen LogP) is 1.67. The second-order valence-electron chi connectivity index (χ2n) is 3.92. The quantitative estimate of drug-likeness (QED) is 0.824. The van der Waals surface area contributed by atoms with Crippen LogP contribution in [0.25, 0.3) is 0 Å². The smallest absolute Gasteiger partial charge is 0.309 e. The van der Waals surface area contributed by atoms with Gasteiger partial charge in [-0.25, -0.2) is 13.1 Å². The van der Waals surface area contributed by atoms with Gasteiger partial charge in [-0.3, -0.25) is 0 Å². The third-order valence-electron chi connectivity index (χ3n) is 2.33. The highest BCUT2D eigenvalue weighted by atomic mass is 32.2. The van der Waals surface area contributed by atoms with E-state index in [0.717, 1.165) is 0 Å². The first-order chi connectivity index (χ1) is 8.38. The van der Waals surface area contributed by atoms with Crippen LogP contribution in [0.2, 0.25) is 0 Å². The van der Waals surface area contributed by atoms with E-state index >= 15 is 0 Å². The van der Waals surface area contributed by atoms with Crippen molar-refractivity contribution in [3.63, 3.8) is 0 Å². The molecule has 2 rings (SSSR count). The molecule has 0 aliphatic rings. The minimum Gasteiger partial charge on any atom is -0.431 e. The van der Waals surface area contributed by atoms with Crippen molar-refractivity contribution in [2.24, 2.45) is 0 Å². The van der Waals surface area contributed by atoms with Gasteiger partial charge in [0.1, 0.15) is 6.26 Å². The van der Waals surface area contributed by atoms with Crippen molar-refractivity contribution in [3.05, 3.63) is 35.7 Å². The molecule has 0 bridgehead atoms. The van der Waals surface area contributed by atoms with E-state index < -0.39 is 10.0 Å². The fourth-order valence-corrected chi connectivity index (χ4v) is 2.71. The molecule has 0 radical (unpaired) electrons. The summed E-state index contributed by atoms with van der Waals surface area (Å²) < 4.78 is 31.4. The first-order valence-electron chi connectivity index (χ1n) is 5.19. The molecule has 0 aliphatic carbocycles. The molecule has 0 unspecified atom stereocenters. The van der Waals surface area contributed by atoms with E-state index in [1.807, 2.05) is 0 Å². The number of aryl methyl sites for hydroxylation is 2. The SMILES string of the molecule is Cc1coc(NS(=O)(=O)c2ccc(N)cc2C)n1. The van der Waals surface area contributed by atoms with Gasteiger partial charge in [0.25, 0.3) is 10.0 Å². The minimum absolute atomic E-state index is 0.0521. The molecule has 7 heteroatoms. The maximum Gasteiger partial charge on any atom is 0.309 e. The fraction of sp³-hybridized carbons (Fsp3) is 0.182. The standard InChI is InChI=1S/C11H13N3O3S/c1-7-5-9(12)3-4-10(7)18(15,16)14-11-13-8(2)6-17-11/h3-6H,12H2,1-2H3,(H,13,14). The molecular weight excluding hydrogens is 254 g/mol. The number of hydrogen-bond acceptors (Lipinski definition) is 5. The lowest BCUT2D eigenvalue weighted by atomic mass is 10.2. The molecule has 0 aliphatic heterocycles. The molecule has 1 aromatic heterocycles. The number of nitrogens with two attached hydrogens (primary N) is 1. The Balaban J connectivity index is 2.36. The summed E-state index contributed by atoms with van der Waals surface area (Å²) in [6, 6.07) is 4.52. The number of aromatic nitrogens is 1. The third-order valence-corrected chi connectivity index (χ3v) is 3.81. The van der Waals surface area contributed by atoms with E-state index in [-0.39, 0.29) is 10.9 Å². The zero-order valence-corrected chi connectivity index (χ0v) is 10.8. The molecule has 0 amide bonds. The summed E-state index contributed by atoms with van der Waals surface area (Å²) in [6.07, 6.45) is 1.37. The second-order valence-corrected chi connectivity index (χ2v) is 5.58. The van der Waals surface area contributed by atoms with Gasteiger partial charge in [0, 0.05) is 5.69 Å². The summed E-state index contributed by atoms with van der Waals surface area (Å²) in [4.78, 5) is 4.03. The number of rotatable bonds is 3. The van der Waals surface area contributed by atoms with Crippen molar-refractivity contribution in [3.8, 4) is 0 Å². The van der Waals surface area contributed by atoms with Crippen molar-refractivity contribution in [1.82, 2.24) is 4.98 Å². The molecule has 0 fully saturated rings. The largest absolute Gasteiger partial charge is 0.431 e. The third kappa shape index (κ3) is 2.45. The van der Waals surface area contributed by atoms with Crippen molar-refractivity contribution in [2.45, 2.75) is 18.7 Å². The molecule has 0 saturated heterocycles. The molecular formula is C11H13N3O3S. The predicted molar refractivity (Wildman–Crippen MR) is 67.6 cm³/mol. The Labute approximate surface area is 105 Å². The number of hydrogen-bond donors (Lipinski definition) is 2. The summed E-state index contributed by atoms with van der Waals surface area (Å²) in [5, 5.41) is 0.